The number of hydrogen-bond acceptors (Lipinski definition) is 2. The van der Waals surface area contributed by atoms with Gasteiger partial charge in [-0.15, -0.1) is 5.10 Å². The fourth-order valence-corrected chi connectivity index (χ4v) is 2.79. The molecule has 0 saturated heterocycles. The third-order valence-electron chi connectivity index (χ3n) is 4.04. The van der Waals surface area contributed by atoms with Crippen LogP contribution in [0, 0.1) is 6.92 Å². The number of benzene rings is 3. The summed E-state index contributed by atoms with van der Waals surface area (Å²) in [6.07, 6.45) is 0. The van der Waals surface area contributed by atoms with Crippen LogP contribution in [0.25, 0.3) is 28.2 Å². The van der Waals surface area contributed by atoms with Crippen LogP contribution in [0.5, 0.6) is 0 Å². The maximum Gasteiger partial charge on any atom is 0.121 e. The Hall–Kier alpha value is -3.20. The van der Waals surface area contributed by atoms with Gasteiger partial charge in [0.05, 0.1) is 5.69 Å². The molecular weight excluding hydrogens is 294 g/mol. The Morgan fingerprint density at radius 2 is 1.29 bits per heavy atom. The first kappa shape index (κ1) is 14.4. The van der Waals surface area contributed by atoms with Crippen molar-refractivity contribution in [2.24, 2.45) is 0 Å². The van der Waals surface area contributed by atoms with Gasteiger partial charge in [-0.3, -0.25) is 0 Å². The Bertz CT molecular complexity index is 940. The fraction of sp³-hybridized carbons (Fsp3) is 0.0476. The van der Waals surface area contributed by atoms with Gasteiger partial charge in [0.1, 0.15) is 11.4 Å². The summed E-state index contributed by atoms with van der Waals surface area (Å²) >= 11 is 0. The van der Waals surface area contributed by atoms with Crippen LogP contribution >= 0.6 is 0 Å². The van der Waals surface area contributed by atoms with E-state index in [0.29, 0.717) is 0 Å². The highest BCUT2D eigenvalue weighted by Gasteiger charge is 2.17. The molecule has 116 valence electrons. The molecule has 4 rings (SSSR count). The molecule has 0 aliphatic heterocycles. The molecule has 0 saturated carbocycles. The molecule has 0 spiro atoms. The minimum absolute atomic E-state index is 0.894. The zero-order valence-electron chi connectivity index (χ0n) is 13.4. The summed E-state index contributed by atoms with van der Waals surface area (Å²) in [5, 5.41) is 8.91. The molecule has 3 aromatic carbocycles. The van der Waals surface area contributed by atoms with Crippen LogP contribution in [0.2, 0.25) is 0 Å². The van der Waals surface area contributed by atoms with E-state index >= 15 is 0 Å². The summed E-state index contributed by atoms with van der Waals surface area (Å²) < 4.78 is 1.91. The van der Waals surface area contributed by atoms with E-state index in [0.717, 1.165) is 28.2 Å². The van der Waals surface area contributed by atoms with Crippen molar-refractivity contribution < 1.29 is 0 Å². The van der Waals surface area contributed by atoms with Crippen molar-refractivity contribution in [3.05, 3.63) is 90.5 Å². The quantitative estimate of drug-likeness (QED) is 0.538. The van der Waals surface area contributed by atoms with Gasteiger partial charge in [0.15, 0.2) is 0 Å². The predicted octanol–water partition coefficient (Wildman–Crippen LogP) is 4.91. The molecule has 0 fully saturated rings. The topological polar surface area (TPSA) is 30.7 Å². The third kappa shape index (κ3) is 2.61. The summed E-state index contributed by atoms with van der Waals surface area (Å²) in [5.41, 5.74) is 6.30. The number of para-hydroxylation sites is 1. The predicted molar refractivity (Wildman–Crippen MR) is 97.0 cm³/mol. The summed E-state index contributed by atoms with van der Waals surface area (Å²) in [6.45, 7) is 2.09. The van der Waals surface area contributed by atoms with Gasteiger partial charge in [-0.1, -0.05) is 83.6 Å². The molecule has 4 aromatic rings. The lowest BCUT2D eigenvalue weighted by Gasteiger charge is -2.08. The third-order valence-corrected chi connectivity index (χ3v) is 4.04. The zero-order valence-corrected chi connectivity index (χ0v) is 13.4. The van der Waals surface area contributed by atoms with Crippen LogP contribution < -0.4 is 0 Å². The van der Waals surface area contributed by atoms with E-state index in [9.17, 15) is 0 Å². The molecule has 1 heterocycles. The summed E-state index contributed by atoms with van der Waals surface area (Å²) in [5.74, 6) is 0. The van der Waals surface area contributed by atoms with Crippen molar-refractivity contribution >= 4 is 0 Å². The minimum Gasteiger partial charge on any atom is -0.212 e. The van der Waals surface area contributed by atoms with E-state index in [-0.39, 0.29) is 0 Å². The minimum atomic E-state index is 0.894. The lowest BCUT2D eigenvalue weighted by molar-refractivity contribution is 0.808. The fourth-order valence-electron chi connectivity index (χ4n) is 2.79. The second-order valence-electron chi connectivity index (χ2n) is 5.77. The van der Waals surface area contributed by atoms with E-state index in [1.54, 1.807) is 0 Å². The number of aromatic nitrogens is 3. The van der Waals surface area contributed by atoms with Gasteiger partial charge in [-0.25, -0.2) is 4.68 Å². The van der Waals surface area contributed by atoms with Gasteiger partial charge in [-0.05, 0) is 19.1 Å². The molecule has 0 unspecified atom stereocenters. The van der Waals surface area contributed by atoms with E-state index in [2.05, 4.69) is 53.6 Å². The Labute approximate surface area is 141 Å². The van der Waals surface area contributed by atoms with Crippen LogP contribution in [0.1, 0.15) is 5.56 Å². The molecule has 24 heavy (non-hydrogen) atoms. The second-order valence-corrected chi connectivity index (χ2v) is 5.77. The molecule has 0 bridgehead atoms. The van der Waals surface area contributed by atoms with Crippen molar-refractivity contribution in [1.82, 2.24) is 15.0 Å². The normalized spacial score (nSPS) is 10.7. The largest absolute Gasteiger partial charge is 0.212 e. The number of aryl methyl sites for hydroxylation is 1. The molecule has 0 aliphatic rings. The highest BCUT2D eigenvalue weighted by molar-refractivity contribution is 5.79. The van der Waals surface area contributed by atoms with Gasteiger partial charge in [0.25, 0.3) is 0 Å². The van der Waals surface area contributed by atoms with Gasteiger partial charge < -0.3 is 0 Å². The molecule has 0 radical (unpaired) electrons. The van der Waals surface area contributed by atoms with Gasteiger partial charge in [0.2, 0.25) is 0 Å². The van der Waals surface area contributed by atoms with Crippen LogP contribution in [-0.2, 0) is 0 Å². The number of rotatable bonds is 3. The highest BCUT2D eigenvalue weighted by Crippen LogP contribution is 2.32. The molecule has 3 nitrogen and oxygen atoms in total. The summed E-state index contributed by atoms with van der Waals surface area (Å²) in [6, 6.07) is 28.8. The SMILES string of the molecule is Cc1ccc(-c2nnn(-c3ccccc3)c2-c2ccccc2)cc1. The molecule has 0 amide bonds. The molecule has 0 atom stereocenters. The highest BCUT2D eigenvalue weighted by atomic mass is 15.4. The maximum atomic E-state index is 4.48. The maximum absolute atomic E-state index is 4.48. The molecule has 0 N–H and O–H groups in total. The van der Waals surface area contributed by atoms with Crippen LogP contribution in [0.4, 0.5) is 0 Å². The Kier molecular flexibility index (Phi) is 3.67. The number of hydrogen-bond donors (Lipinski definition) is 0. The van der Waals surface area contributed by atoms with E-state index in [1.807, 2.05) is 53.2 Å². The van der Waals surface area contributed by atoms with Crippen molar-refractivity contribution in [2.45, 2.75) is 6.92 Å². The van der Waals surface area contributed by atoms with Gasteiger partial charge in [0, 0.05) is 11.1 Å². The molecule has 3 heteroatoms. The Balaban J connectivity index is 1.95. The Morgan fingerprint density at radius 1 is 0.667 bits per heavy atom. The average molecular weight is 311 g/mol. The summed E-state index contributed by atoms with van der Waals surface area (Å²) in [7, 11) is 0. The van der Waals surface area contributed by atoms with Crippen molar-refractivity contribution in [1.29, 1.82) is 0 Å². The van der Waals surface area contributed by atoms with Crippen LogP contribution in [0.3, 0.4) is 0 Å². The van der Waals surface area contributed by atoms with E-state index < -0.39 is 0 Å². The van der Waals surface area contributed by atoms with Crippen molar-refractivity contribution in [2.75, 3.05) is 0 Å². The monoisotopic (exact) mass is 311 g/mol. The molecular formula is C21H17N3. The van der Waals surface area contributed by atoms with Crippen LogP contribution in [0.15, 0.2) is 84.9 Å². The Morgan fingerprint density at radius 3 is 1.96 bits per heavy atom. The lowest BCUT2D eigenvalue weighted by atomic mass is 10.0. The van der Waals surface area contributed by atoms with E-state index in [1.165, 1.54) is 5.56 Å². The van der Waals surface area contributed by atoms with Gasteiger partial charge in [-0.2, -0.15) is 0 Å². The average Bonchev–Trinajstić information content (AvgIpc) is 3.09. The number of nitrogens with zero attached hydrogens (tertiary/aromatic N) is 3. The van der Waals surface area contributed by atoms with Gasteiger partial charge >= 0.3 is 0 Å². The smallest absolute Gasteiger partial charge is 0.121 e. The summed E-state index contributed by atoms with van der Waals surface area (Å²) in [4.78, 5) is 0. The van der Waals surface area contributed by atoms with Crippen molar-refractivity contribution in [3.63, 3.8) is 0 Å². The van der Waals surface area contributed by atoms with E-state index in [4.69, 9.17) is 0 Å². The first-order valence-electron chi connectivity index (χ1n) is 7.96. The lowest BCUT2D eigenvalue weighted by Crippen LogP contribution is -1.99. The van der Waals surface area contributed by atoms with Crippen molar-refractivity contribution in [3.8, 4) is 28.2 Å². The zero-order chi connectivity index (χ0) is 16.4. The molecule has 1 aromatic heterocycles. The first-order valence-corrected chi connectivity index (χ1v) is 7.96. The first-order chi connectivity index (χ1) is 11.8. The second kappa shape index (κ2) is 6.13. The molecule has 0 aliphatic carbocycles. The van der Waals surface area contributed by atoms with Crippen LogP contribution in [-0.4, -0.2) is 15.0 Å². The standard InChI is InChI=1S/C21H17N3/c1-16-12-14-17(15-13-16)20-21(18-8-4-2-5-9-18)24(23-22-20)19-10-6-3-7-11-19/h2-15H,1H3.